The first-order valence-corrected chi connectivity index (χ1v) is 11.7. The van der Waals surface area contributed by atoms with Gasteiger partial charge in [-0.15, -0.1) is 0 Å². The van der Waals surface area contributed by atoms with Crippen molar-refractivity contribution in [2.24, 2.45) is 0 Å². The number of hydrogen-bond acceptors (Lipinski definition) is 7. The van der Waals surface area contributed by atoms with E-state index in [9.17, 15) is 9.59 Å². The summed E-state index contributed by atoms with van der Waals surface area (Å²) in [6.07, 6.45) is 2.60. The number of anilines is 1. The van der Waals surface area contributed by atoms with Crippen LogP contribution >= 0.6 is 0 Å². The van der Waals surface area contributed by atoms with Gasteiger partial charge < -0.3 is 25.2 Å². The topological polar surface area (TPSA) is 122 Å². The van der Waals surface area contributed by atoms with Gasteiger partial charge >= 0.3 is 12.1 Å². The Morgan fingerprint density at radius 2 is 1.88 bits per heavy atom. The molecule has 0 saturated carbocycles. The van der Waals surface area contributed by atoms with Crippen LogP contribution in [0.3, 0.4) is 0 Å². The second-order valence-electron chi connectivity index (χ2n) is 10.1. The minimum Gasteiger partial charge on any atom is -0.444 e. The van der Waals surface area contributed by atoms with Gasteiger partial charge in [0.25, 0.3) is 0 Å². The van der Waals surface area contributed by atoms with Gasteiger partial charge in [-0.25, -0.2) is 9.59 Å². The lowest BCUT2D eigenvalue weighted by atomic mass is 10.0. The number of hydrogen-bond donors (Lipinski definition) is 3. The van der Waals surface area contributed by atoms with Gasteiger partial charge in [0.05, 0.1) is 6.54 Å². The second-order valence-corrected chi connectivity index (χ2v) is 10.1. The molecule has 10 nitrogen and oxygen atoms in total. The third kappa shape index (κ3) is 7.72. The molecule has 1 aromatic carbocycles. The first kappa shape index (κ1) is 25.5. The molecule has 2 heterocycles. The van der Waals surface area contributed by atoms with E-state index in [1.807, 2.05) is 30.3 Å². The number of ether oxygens (including phenoxy) is 1. The normalized spacial score (nSPS) is 17.1. The van der Waals surface area contributed by atoms with Crippen LogP contribution in [0.25, 0.3) is 0 Å². The van der Waals surface area contributed by atoms with Gasteiger partial charge in [0.2, 0.25) is 5.89 Å². The Bertz CT molecular complexity index is 954. The lowest BCUT2D eigenvalue weighted by Gasteiger charge is -2.34. The van der Waals surface area contributed by atoms with Crippen LogP contribution in [0.5, 0.6) is 0 Å². The average Bonchev–Trinajstić information content (AvgIpc) is 3.22. The molecule has 1 unspecified atom stereocenters. The largest absolute Gasteiger partial charge is 0.444 e. The maximum atomic E-state index is 12.3. The second kappa shape index (κ2) is 10.9. The molecule has 1 aliphatic rings. The van der Waals surface area contributed by atoms with Gasteiger partial charge in [0.1, 0.15) is 11.1 Å². The molecule has 186 valence electrons. The van der Waals surface area contributed by atoms with E-state index >= 15 is 0 Å². The summed E-state index contributed by atoms with van der Waals surface area (Å²) in [5, 5.41) is 12.7. The zero-order valence-corrected chi connectivity index (χ0v) is 20.7. The third-order valence-electron chi connectivity index (χ3n) is 5.46. The minimum atomic E-state index is -0.859. The van der Waals surface area contributed by atoms with Crippen molar-refractivity contribution in [1.29, 1.82) is 0 Å². The van der Waals surface area contributed by atoms with Crippen LogP contribution in [-0.2, 0) is 16.8 Å². The Kier molecular flexibility index (Phi) is 8.14. The molecule has 1 aromatic heterocycles. The number of amides is 3. The maximum absolute atomic E-state index is 12.3. The number of nitrogens with one attached hydrogen (secondary N) is 3. The predicted molar refractivity (Wildman–Crippen MR) is 128 cm³/mol. The summed E-state index contributed by atoms with van der Waals surface area (Å²) < 4.78 is 10.8. The summed E-state index contributed by atoms with van der Waals surface area (Å²) in [5.41, 5.74) is -0.707. The standard InChI is InChI=1S/C24H36N6O4/c1-23(2,3)33-22(32)28-24(4,5)20-27-19(34-29-20)16-30-14-10-9-13-18(30)15-25-21(31)26-17-11-7-6-8-12-17/h6-8,11-12,18H,9-10,13-16H2,1-5H3,(H,28,32)(H2,25,26,31). The molecule has 1 fully saturated rings. The van der Waals surface area contributed by atoms with Crippen LogP contribution in [0.2, 0.25) is 0 Å². The summed E-state index contributed by atoms with van der Waals surface area (Å²) in [7, 11) is 0. The first-order valence-electron chi connectivity index (χ1n) is 11.7. The molecule has 3 rings (SSSR count). The van der Waals surface area contributed by atoms with E-state index in [0.717, 1.165) is 31.5 Å². The quantitative estimate of drug-likeness (QED) is 0.557. The van der Waals surface area contributed by atoms with Crippen LogP contribution in [0.15, 0.2) is 34.9 Å². The zero-order valence-electron chi connectivity index (χ0n) is 20.7. The molecule has 3 N–H and O–H groups in total. The van der Waals surface area contributed by atoms with E-state index in [1.54, 1.807) is 34.6 Å². The molecule has 0 aliphatic carbocycles. The Hall–Kier alpha value is -3.14. The molecule has 1 saturated heterocycles. The molecule has 34 heavy (non-hydrogen) atoms. The molecule has 2 aromatic rings. The van der Waals surface area contributed by atoms with Gasteiger partial charge in [0.15, 0.2) is 5.82 Å². The molecule has 3 amide bonds. The van der Waals surface area contributed by atoms with Crippen molar-refractivity contribution < 1.29 is 18.8 Å². The number of likely N-dealkylation sites (tertiary alicyclic amines) is 1. The van der Waals surface area contributed by atoms with Crippen molar-refractivity contribution in [2.75, 3.05) is 18.4 Å². The molecule has 0 spiro atoms. The van der Waals surface area contributed by atoms with Gasteiger partial charge in [0, 0.05) is 18.3 Å². The fraction of sp³-hybridized carbons (Fsp3) is 0.583. The summed E-state index contributed by atoms with van der Waals surface area (Å²) in [6, 6.07) is 9.28. The fourth-order valence-electron chi connectivity index (χ4n) is 3.77. The van der Waals surface area contributed by atoms with Crippen LogP contribution < -0.4 is 16.0 Å². The number of aromatic nitrogens is 2. The van der Waals surface area contributed by atoms with Gasteiger partial charge in [-0.05, 0) is 66.1 Å². The molecular weight excluding hydrogens is 436 g/mol. The van der Waals surface area contributed by atoms with Gasteiger partial charge in [-0.2, -0.15) is 4.98 Å². The highest BCUT2D eigenvalue weighted by atomic mass is 16.6. The SMILES string of the molecule is CC(C)(C)OC(=O)NC(C)(C)c1noc(CN2CCCCC2CNC(=O)Nc2ccccc2)n1. The lowest BCUT2D eigenvalue weighted by molar-refractivity contribution is 0.0465. The highest BCUT2D eigenvalue weighted by molar-refractivity contribution is 5.89. The van der Waals surface area contributed by atoms with Crippen LogP contribution in [0, 0.1) is 0 Å². The number of nitrogens with zero attached hydrogens (tertiary/aromatic N) is 3. The van der Waals surface area contributed by atoms with Crippen LogP contribution in [0.4, 0.5) is 15.3 Å². The summed E-state index contributed by atoms with van der Waals surface area (Å²) in [5.74, 6) is 0.844. The Morgan fingerprint density at radius 1 is 1.15 bits per heavy atom. The molecule has 0 bridgehead atoms. The number of carbonyl (C=O) groups is 2. The lowest BCUT2D eigenvalue weighted by Crippen LogP contribution is -2.47. The van der Waals surface area contributed by atoms with Crippen molar-refractivity contribution >= 4 is 17.8 Å². The first-order chi connectivity index (χ1) is 16.0. The van der Waals surface area contributed by atoms with E-state index in [-0.39, 0.29) is 12.1 Å². The Labute approximate surface area is 200 Å². The van der Waals surface area contributed by atoms with Gasteiger partial charge in [-0.3, -0.25) is 4.90 Å². The van der Waals surface area contributed by atoms with Crippen molar-refractivity contribution in [2.45, 2.75) is 77.6 Å². The number of rotatable bonds is 7. The average molecular weight is 473 g/mol. The third-order valence-corrected chi connectivity index (χ3v) is 5.46. The number of carbonyl (C=O) groups excluding carboxylic acids is 2. The van der Waals surface area contributed by atoms with E-state index < -0.39 is 17.2 Å². The fourth-order valence-corrected chi connectivity index (χ4v) is 3.77. The van der Waals surface area contributed by atoms with Crippen LogP contribution in [-0.4, -0.2) is 51.9 Å². The number of alkyl carbamates (subject to hydrolysis) is 1. The summed E-state index contributed by atoms with van der Waals surface area (Å²) >= 11 is 0. The monoisotopic (exact) mass is 472 g/mol. The Balaban J connectivity index is 1.55. The smallest absolute Gasteiger partial charge is 0.408 e. The molecule has 0 radical (unpaired) electrons. The molecule has 1 aliphatic heterocycles. The summed E-state index contributed by atoms with van der Waals surface area (Å²) in [4.78, 5) is 31.2. The summed E-state index contributed by atoms with van der Waals surface area (Å²) in [6.45, 7) is 10.9. The highest BCUT2D eigenvalue weighted by Gasteiger charge is 2.32. The van der Waals surface area contributed by atoms with E-state index in [2.05, 4.69) is 31.0 Å². The van der Waals surface area contributed by atoms with Crippen molar-refractivity contribution in [3.05, 3.63) is 42.0 Å². The number of piperidine rings is 1. The van der Waals surface area contributed by atoms with Crippen molar-refractivity contribution in [3.8, 4) is 0 Å². The number of para-hydroxylation sites is 1. The van der Waals surface area contributed by atoms with E-state index in [0.29, 0.717) is 24.8 Å². The minimum absolute atomic E-state index is 0.165. The van der Waals surface area contributed by atoms with E-state index in [4.69, 9.17) is 9.26 Å². The molecule has 1 atom stereocenters. The molecular formula is C24H36N6O4. The molecule has 10 heteroatoms. The maximum Gasteiger partial charge on any atom is 0.408 e. The number of benzene rings is 1. The van der Waals surface area contributed by atoms with E-state index in [1.165, 1.54) is 0 Å². The van der Waals surface area contributed by atoms with Crippen LogP contribution in [0.1, 0.15) is 65.6 Å². The van der Waals surface area contributed by atoms with Crippen molar-refractivity contribution in [1.82, 2.24) is 25.7 Å². The highest BCUT2D eigenvalue weighted by Crippen LogP contribution is 2.22. The Morgan fingerprint density at radius 3 is 2.59 bits per heavy atom. The van der Waals surface area contributed by atoms with Gasteiger partial charge in [-0.1, -0.05) is 29.8 Å². The van der Waals surface area contributed by atoms with Crippen molar-refractivity contribution in [3.63, 3.8) is 0 Å². The number of urea groups is 1. The zero-order chi connectivity index (χ0) is 24.8. The predicted octanol–water partition coefficient (Wildman–Crippen LogP) is 4.01.